The van der Waals surface area contributed by atoms with Crippen molar-refractivity contribution in [2.75, 3.05) is 26.6 Å². The van der Waals surface area contributed by atoms with Gasteiger partial charge in [0, 0.05) is 0 Å². The Hall–Kier alpha value is -3.24. The van der Waals surface area contributed by atoms with Crippen LogP contribution in [-0.2, 0) is 4.79 Å². The Balaban J connectivity index is 1.44. The highest BCUT2D eigenvalue weighted by Gasteiger charge is 2.37. The molecule has 8 nitrogen and oxygen atoms in total. The number of aryl methyl sites for hydroxylation is 2. The fourth-order valence-electron chi connectivity index (χ4n) is 3.52. The normalized spacial score (nSPS) is 16.4. The van der Waals surface area contributed by atoms with Crippen LogP contribution in [0.1, 0.15) is 16.7 Å². The summed E-state index contributed by atoms with van der Waals surface area (Å²) < 4.78 is 21.4. The molecule has 0 saturated heterocycles. The average molecular weight is 497 g/mol. The molecule has 34 heavy (non-hydrogen) atoms. The summed E-state index contributed by atoms with van der Waals surface area (Å²) in [7, 11) is 1.55. The van der Waals surface area contributed by atoms with E-state index in [0.29, 0.717) is 40.6 Å². The van der Waals surface area contributed by atoms with Crippen LogP contribution in [0.4, 0.5) is 0 Å². The second-order valence-electron chi connectivity index (χ2n) is 7.54. The van der Waals surface area contributed by atoms with Crippen LogP contribution in [0.25, 0.3) is 6.08 Å². The van der Waals surface area contributed by atoms with Crippen molar-refractivity contribution in [3.63, 3.8) is 0 Å². The topological polar surface area (TPSA) is 96.6 Å². The number of benzene rings is 2. The number of ether oxygens (including phenoxy) is 3. The number of nitrogens with one attached hydrogen (secondary N) is 1. The first-order chi connectivity index (χ1) is 16.4. The van der Waals surface area contributed by atoms with Crippen molar-refractivity contribution in [1.82, 2.24) is 4.90 Å². The number of carbonyl (C=O) groups is 1. The number of fused-ring (bicyclic) bond motifs is 1. The van der Waals surface area contributed by atoms with E-state index in [1.54, 1.807) is 36.3 Å². The lowest BCUT2D eigenvalue weighted by Gasteiger charge is -2.23. The molecule has 0 atom stereocenters. The summed E-state index contributed by atoms with van der Waals surface area (Å²) in [6.07, 6.45) is 3.49. The van der Waals surface area contributed by atoms with Gasteiger partial charge in [-0.2, -0.15) is 9.39 Å². The molecule has 0 spiro atoms. The van der Waals surface area contributed by atoms with Crippen molar-refractivity contribution in [3.05, 3.63) is 58.7 Å². The number of hydrogen-bond donors (Lipinski definition) is 1. The maximum Gasteiger partial charge on any atom is 0.283 e. The quantitative estimate of drug-likeness (QED) is 0.337. The lowest BCUT2D eigenvalue weighted by atomic mass is 10.1. The van der Waals surface area contributed by atoms with Gasteiger partial charge in [-0.1, -0.05) is 23.9 Å². The van der Waals surface area contributed by atoms with Crippen molar-refractivity contribution in [2.45, 2.75) is 13.8 Å². The molecule has 0 saturated carbocycles. The molecule has 0 bridgehead atoms. The highest BCUT2D eigenvalue weighted by Crippen LogP contribution is 2.33. The predicted molar refractivity (Wildman–Crippen MR) is 138 cm³/mol. The fraction of sp³-hybridized carbons (Fsp3) is 0.250. The number of hydrogen-bond acceptors (Lipinski definition) is 8. The highest BCUT2D eigenvalue weighted by molar-refractivity contribution is 8.18. The zero-order chi connectivity index (χ0) is 24.2. The molecule has 0 fully saturated rings. The van der Waals surface area contributed by atoms with Gasteiger partial charge in [0.15, 0.2) is 16.7 Å². The van der Waals surface area contributed by atoms with E-state index in [1.807, 2.05) is 32.2 Å². The van der Waals surface area contributed by atoms with E-state index in [0.717, 1.165) is 28.8 Å². The number of carbonyl (C=O) groups excluding carboxylic acids is 1. The van der Waals surface area contributed by atoms with E-state index < -0.39 is 5.91 Å². The third-order valence-corrected chi connectivity index (χ3v) is 6.44. The third-order valence-electron chi connectivity index (χ3n) is 4.98. The maximum atomic E-state index is 12.5. The lowest BCUT2D eigenvalue weighted by Crippen LogP contribution is -2.41. The number of amides is 1. The van der Waals surface area contributed by atoms with Crippen LogP contribution in [0.5, 0.6) is 17.2 Å². The Morgan fingerprint density at radius 3 is 2.53 bits per heavy atom. The summed E-state index contributed by atoms with van der Waals surface area (Å²) in [5.41, 5.74) is 3.17. The Labute approximate surface area is 206 Å². The minimum atomic E-state index is -0.468. The molecule has 1 N–H and O–H groups in total. The molecule has 1 amide bonds. The van der Waals surface area contributed by atoms with Crippen molar-refractivity contribution < 1.29 is 19.0 Å². The number of thioether (sulfide) groups is 1. The third kappa shape index (κ3) is 5.13. The molecule has 0 aromatic heterocycles. The van der Waals surface area contributed by atoms with E-state index in [9.17, 15) is 4.79 Å². The van der Waals surface area contributed by atoms with Crippen LogP contribution >= 0.6 is 23.7 Å². The van der Waals surface area contributed by atoms with E-state index >= 15 is 0 Å². The van der Waals surface area contributed by atoms with Gasteiger partial charge in [-0.25, -0.2) is 4.90 Å². The molecule has 0 unspecified atom stereocenters. The zero-order valence-corrected chi connectivity index (χ0v) is 20.9. The molecule has 2 aliphatic heterocycles. The number of nitrogens with zero attached hydrogens (tertiary/aromatic N) is 3. The van der Waals surface area contributed by atoms with Gasteiger partial charge in [-0.15, -0.1) is 0 Å². The van der Waals surface area contributed by atoms with E-state index in [2.05, 4.69) is 15.5 Å². The summed E-state index contributed by atoms with van der Waals surface area (Å²) in [5.74, 6) is 1.47. The van der Waals surface area contributed by atoms with Crippen LogP contribution < -0.4 is 14.2 Å². The molecule has 4 rings (SSSR count). The number of methoxy groups -OCH3 is 1. The molecule has 0 aliphatic carbocycles. The largest absolute Gasteiger partial charge is 0.493 e. The number of amidine groups is 3. The highest BCUT2D eigenvalue weighted by atomic mass is 32.2. The van der Waals surface area contributed by atoms with Crippen LogP contribution in [0, 0.1) is 19.3 Å². The second-order valence-corrected chi connectivity index (χ2v) is 9.05. The molecule has 10 heteroatoms. The van der Waals surface area contributed by atoms with E-state index in [4.69, 9.17) is 19.6 Å². The fourth-order valence-corrected chi connectivity index (χ4v) is 4.97. The van der Waals surface area contributed by atoms with Crippen LogP contribution in [0.15, 0.2) is 51.4 Å². The van der Waals surface area contributed by atoms with Gasteiger partial charge < -0.3 is 14.2 Å². The van der Waals surface area contributed by atoms with Gasteiger partial charge in [-0.05, 0) is 67.1 Å². The van der Waals surface area contributed by atoms with Gasteiger partial charge in [0.2, 0.25) is 5.17 Å². The maximum absolute atomic E-state index is 12.5. The van der Waals surface area contributed by atoms with Crippen LogP contribution in [0.2, 0.25) is 0 Å². The standard InChI is InChI=1S/C24H24N4O4S2/c1-14-9-15(2)11-17(10-14)31-7-8-32-19-6-5-16(13-20(19)30-3)12-18-21(25)28-23(26-22(18)29)34-27-24(28)33-4/h5-6,9-13,25H,7-8H2,1-4H3/b18-12-,25-21?. The van der Waals surface area contributed by atoms with Gasteiger partial charge in [0.05, 0.1) is 24.6 Å². The van der Waals surface area contributed by atoms with Gasteiger partial charge >= 0.3 is 0 Å². The van der Waals surface area contributed by atoms with E-state index in [1.165, 1.54) is 11.8 Å². The molecule has 176 valence electrons. The van der Waals surface area contributed by atoms with Crippen molar-refractivity contribution in [1.29, 1.82) is 5.41 Å². The zero-order valence-electron chi connectivity index (χ0n) is 19.2. The average Bonchev–Trinajstić information content (AvgIpc) is 3.22. The first-order valence-electron chi connectivity index (χ1n) is 10.4. The molecule has 2 heterocycles. The van der Waals surface area contributed by atoms with Gasteiger partial charge in [0.25, 0.3) is 5.91 Å². The number of rotatable bonds is 7. The lowest BCUT2D eigenvalue weighted by molar-refractivity contribution is -0.114. The summed E-state index contributed by atoms with van der Waals surface area (Å²) in [6.45, 7) is 4.79. The second kappa shape index (κ2) is 10.4. The smallest absolute Gasteiger partial charge is 0.283 e. The Kier molecular flexibility index (Phi) is 7.28. The molecule has 0 radical (unpaired) electrons. The van der Waals surface area contributed by atoms with Crippen LogP contribution in [0.3, 0.4) is 0 Å². The Bertz CT molecular complexity index is 1220. The summed E-state index contributed by atoms with van der Waals surface area (Å²) >= 11 is 2.50. The monoisotopic (exact) mass is 496 g/mol. The Morgan fingerprint density at radius 2 is 1.82 bits per heavy atom. The molecule has 2 aliphatic rings. The summed E-state index contributed by atoms with van der Waals surface area (Å²) in [6, 6.07) is 11.4. The van der Waals surface area contributed by atoms with Crippen molar-refractivity contribution in [3.8, 4) is 17.2 Å². The van der Waals surface area contributed by atoms with E-state index in [-0.39, 0.29) is 11.4 Å². The first-order valence-corrected chi connectivity index (χ1v) is 12.4. The predicted octanol–water partition coefficient (Wildman–Crippen LogP) is 4.71. The molecular formula is C24H24N4O4S2. The van der Waals surface area contributed by atoms with Crippen LogP contribution in [-0.4, -0.2) is 53.6 Å². The Morgan fingerprint density at radius 1 is 1.09 bits per heavy atom. The minimum Gasteiger partial charge on any atom is -0.493 e. The molecular weight excluding hydrogens is 472 g/mol. The molecule has 2 aromatic carbocycles. The van der Waals surface area contributed by atoms with Gasteiger partial charge in [-0.3, -0.25) is 10.2 Å². The summed E-state index contributed by atoms with van der Waals surface area (Å²) in [4.78, 5) is 18.2. The SMILES string of the molecule is COc1cc(/C=C2/C(=N)N3C(SC)=NSC3=NC2=O)ccc1OCCOc1cc(C)cc(C)c1. The summed E-state index contributed by atoms with van der Waals surface area (Å²) in [5, 5.41) is 9.54. The van der Waals surface area contributed by atoms with Crippen molar-refractivity contribution in [2.24, 2.45) is 9.39 Å². The first kappa shape index (κ1) is 23.9. The minimum absolute atomic E-state index is 0.0518. The van der Waals surface area contributed by atoms with Gasteiger partial charge in [0.1, 0.15) is 24.8 Å². The van der Waals surface area contributed by atoms with Crippen molar-refractivity contribution >= 4 is 51.9 Å². The number of aliphatic imine (C=N–C) groups is 1. The molecule has 2 aromatic rings.